The number of fused-ring (bicyclic) bond motifs is 1. The van der Waals surface area contributed by atoms with E-state index in [1.165, 1.54) is 5.56 Å². The minimum absolute atomic E-state index is 0.241. The molecule has 0 bridgehead atoms. The number of benzene rings is 3. The van der Waals surface area contributed by atoms with Crippen LogP contribution in [0.1, 0.15) is 15.9 Å². The normalized spacial score (nSPS) is 10.6. The van der Waals surface area contributed by atoms with E-state index in [1.807, 2.05) is 55.5 Å². The molecule has 4 nitrogen and oxygen atoms in total. The van der Waals surface area contributed by atoms with Gasteiger partial charge < -0.3 is 10.6 Å². The summed E-state index contributed by atoms with van der Waals surface area (Å²) in [5.74, 6) is -0.241. The molecular formula is C23H18ClN3O. The summed E-state index contributed by atoms with van der Waals surface area (Å²) in [6, 6.07) is 22.8. The molecule has 1 amide bonds. The van der Waals surface area contributed by atoms with E-state index in [9.17, 15) is 4.79 Å². The first-order valence-corrected chi connectivity index (χ1v) is 9.26. The molecule has 0 spiro atoms. The van der Waals surface area contributed by atoms with Gasteiger partial charge in [0.1, 0.15) is 0 Å². The minimum atomic E-state index is -0.241. The number of anilines is 3. The van der Waals surface area contributed by atoms with Crippen LogP contribution in [0.25, 0.3) is 10.9 Å². The maximum absolute atomic E-state index is 13.0. The highest BCUT2D eigenvalue weighted by Crippen LogP contribution is 2.30. The maximum Gasteiger partial charge on any atom is 0.259 e. The number of pyridine rings is 1. The highest BCUT2D eigenvalue weighted by molar-refractivity contribution is 6.30. The minimum Gasteiger partial charge on any atom is -0.354 e. The lowest BCUT2D eigenvalue weighted by Gasteiger charge is -2.15. The van der Waals surface area contributed by atoms with Crippen LogP contribution in [0.3, 0.4) is 0 Å². The van der Waals surface area contributed by atoms with Crippen LogP contribution in [0.5, 0.6) is 0 Å². The number of nitrogens with zero attached hydrogens (tertiary/aromatic N) is 1. The Labute approximate surface area is 168 Å². The Morgan fingerprint density at radius 1 is 0.893 bits per heavy atom. The predicted octanol–water partition coefficient (Wildman–Crippen LogP) is 6.19. The molecule has 2 N–H and O–H groups in total. The van der Waals surface area contributed by atoms with E-state index >= 15 is 0 Å². The average molecular weight is 388 g/mol. The molecule has 4 rings (SSSR count). The Bertz CT molecular complexity index is 1140. The highest BCUT2D eigenvalue weighted by Gasteiger charge is 2.16. The molecular weight excluding hydrogens is 370 g/mol. The fourth-order valence-corrected chi connectivity index (χ4v) is 3.09. The zero-order valence-electron chi connectivity index (χ0n) is 15.2. The SMILES string of the molecule is Cc1ccc(Nc2c(C(=O)Nc3ccc(Cl)cc3)cnc3ccccc23)cc1. The zero-order chi connectivity index (χ0) is 19.5. The maximum atomic E-state index is 13.0. The van der Waals surface area contributed by atoms with E-state index in [1.54, 1.807) is 30.5 Å². The highest BCUT2D eigenvalue weighted by atomic mass is 35.5. The van der Waals surface area contributed by atoms with Gasteiger partial charge in [0.05, 0.1) is 16.8 Å². The van der Waals surface area contributed by atoms with E-state index < -0.39 is 0 Å². The third-order valence-electron chi connectivity index (χ3n) is 4.44. The summed E-state index contributed by atoms with van der Waals surface area (Å²) in [6.07, 6.45) is 1.60. The van der Waals surface area contributed by atoms with Crippen LogP contribution in [0.15, 0.2) is 79.0 Å². The molecule has 0 fully saturated rings. The number of aromatic nitrogens is 1. The van der Waals surface area contributed by atoms with Crippen molar-refractivity contribution in [2.24, 2.45) is 0 Å². The summed E-state index contributed by atoms with van der Waals surface area (Å²) in [7, 11) is 0. The van der Waals surface area contributed by atoms with Crippen LogP contribution in [0, 0.1) is 6.92 Å². The van der Waals surface area contributed by atoms with Crippen molar-refractivity contribution in [3.05, 3.63) is 95.1 Å². The van der Waals surface area contributed by atoms with Crippen LogP contribution in [-0.4, -0.2) is 10.9 Å². The van der Waals surface area contributed by atoms with E-state index in [2.05, 4.69) is 15.6 Å². The second kappa shape index (κ2) is 7.71. The van der Waals surface area contributed by atoms with Crippen molar-refractivity contribution in [3.8, 4) is 0 Å². The molecule has 0 aliphatic heterocycles. The van der Waals surface area contributed by atoms with Gasteiger partial charge in [0, 0.05) is 28.0 Å². The van der Waals surface area contributed by atoms with Crippen molar-refractivity contribution >= 4 is 45.5 Å². The number of nitrogens with one attached hydrogen (secondary N) is 2. The molecule has 0 atom stereocenters. The molecule has 4 aromatic rings. The lowest BCUT2D eigenvalue weighted by Crippen LogP contribution is -2.14. The van der Waals surface area contributed by atoms with E-state index in [4.69, 9.17) is 11.6 Å². The van der Waals surface area contributed by atoms with Gasteiger partial charge in [0.15, 0.2) is 0 Å². The molecule has 0 saturated carbocycles. The molecule has 0 unspecified atom stereocenters. The quantitative estimate of drug-likeness (QED) is 0.438. The van der Waals surface area contributed by atoms with Crippen molar-refractivity contribution in [1.82, 2.24) is 4.98 Å². The number of aryl methyl sites for hydroxylation is 1. The first-order chi connectivity index (χ1) is 13.6. The number of para-hydroxylation sites is 1. The van der Waals surface area contributed by atoms with Gasteiger partial charge >= 0.3 is 0 Å². The van der Waals surface area contributed by atoms with Crippen LogP contribution in [-0.2, 0) is 0 Å². The monoisotopic (exact) mass is 387 g/mol. The lowest BCUT2D eigenvalue weighted by atomic mass is 10.1. The van der Waals surface area contributed by atoms with Gasteiger partial charge in [-0.1, -0.05) is 47.5 Å². The molecule has 138 valence electrons. The standard InChI is InChI=1S/C23H18ClN3O/c1-15-6-10-17(11-7-15)26-22-19-4-2-3-5-21(19)25-14-20(22)23(28)27-18-12-8-16(24)9-13-18/h2-14H,1H3,(H,25,26)(H,27,28). The molecule has 0 saturated heterocycles. The summed E-state index contributed by atoms with van der Waals surface area (Å²) in [5, 5.41) is 7.80. The smallest absolute Gasteiger partial charge is 0.259 e. The Balaban J connectivity index is 1.75. The van der Waals surface area contributed by atoms with Crippen molar-refractivity contribution in [2.75, 3.05) is 10.6 Å². The van der Waals surface area contributed by atoms with Gasteiger partial charge in [-0.25, -0.2) is 0 Å². The van der Waals surface area contributed by atoms with Gasteiger partial charge in [-0.15, -0.1) is 0 Å². The fourth-order valence-electron chi connectivity index (χ4n) is 2.96. The number of rotatable bonds is 4. The van der Waals surface area contributed by atoms with Gasteiger partial charge in [0.25, 0.3) is 5.91 Å². The molecule has 1 heterocycles. The fraction of sp³-hybridized carbons (Fsp3) is 0.0435. The summed E-state index contributed by atoms with van der Waals surface area (Å²) in [4.78, 5) is 17.4. The second-order valence-corrected chi connectivity index (χ2v) is 6.95. The molecule has 5 heteroatoms. The average Bonchev–Trinajstić information content (AvgIpc) is 2.71. The van der Waals surface area contributed by atoms with Crippen molar-refractivity contribution in [3.63, 3.8) is 0 Å². The van der Waals surface area contributed by atoms with E-state index in [0.29, 0.717) is 16.3 Å². The van der Waals surface area contributed by atoms with Gasteiger partial charge in [0.2, 0.25) is 0 Å². The van der Waals surface area contributed by atoms with Gasteiger partial charge in [-0.2, -0.15) is 0 Å². The van der Waals surface area contributed by atoms with Crippen molar-refractivity contribution < 1.29 is 4.79 Å². The third kappa shape index (κ3) is 3.82. The molecule has 3 aromatic carbocycles. The van der Waals surface area contributed by atoms with Gasteiger partial charge in [-0.3, -0.25) is 9.78 Å². The number of hydrogen-bond donors (Lipinski definition) is 2. The predicted molar refractivity (Wildman–Crippen MR) is 116 cm³/mol. The number of carbonyl (C=O) groups is 1. The lowest BCUT2D eigenvalue weighted by molar-refractivity contribution is 0.102. The van der Waals surface area contributed by atoms with Crippen LogP contribution in [0.2, 0.25) is 5.02 Å². The molecule has 28 heavy (non-hydrogen) atoms. The molecule has 1 aromatic heterocycles. The zero-order valence-corrected chi connectivity index (χ0v) is 16.0. The summed E-state index contributed by atoms with van der Waals surface area (Å²) in [5.41, 5.74) is 4.76. The Morgan fingerprint density at radius 3 is 2.32 bits per heavy atom. The van der Waals surface area contributed by atoms with Crippen LogP contribution >= 0.6 is 11.6 Å². The molecule has 0 radical (unpaired) electrons. The van der Waals surface area contributed by atoms with Gasteiger partial charge in [-0.05, 0) is 49.4 Å². The molecule has 0 aliphatic carbocycles. The largest absolute Gasteiger partial charge is 0.354 e. The third-order valence-corrected chi connectivity index (χ3v) is 4.70. The Hall–Kier alpha value is -3.37. The first kappa shape index (κ1) is 18.0. The van der Waals surface area contributed by atoms with Crippen LogP contribution in [0.4, 0.5) is 17.1 Å². The number of carbonyl (C=O) groups excluding carboxylic acids is 1. The summed E-state index contributed by atoms with van der Waals surface area (Å²) in [6.45, 7) is 2.04. The molecule has 0 aliphatic rings. The van der Waals surface area contributed by atoms with Crippen molar-refractivity contribution in [1.29, 1.82) is 0 Å². The number of halogens is 1. The Kier molecular flexibility index (Phi) is 4.96. The number of hydrogen-bond acceptors (Lipinski definition) is 3. The summed E-state index contributed by atoms with van der Waals surface area (Å²) >= 11 is 5.92. The van der Waals surface area contributed by atoms with Crippen LogP contribution < -0.4 is 10.6 Å². The second-order valence-electron chi connectivity index (χ2n) is 6.52. The Morgan fingerprint density at radius 2 is 1.57 bits per heavy atom. The van der Waals surface area contributed by atoms with E-state index in [0.717, 1.165) is 22.3 Å². The van der Waals surface area contributed by atoms with E-state index in [-0.39, 0.29) is 5.91 Å². The summed E-state index contributed by atoms with van der Waals surface area (Å²) < 4.78 is 0. The topological polar surface area (TPSA) is 54.0 Å². The number of amides is 1. The van der Waals surface area contributed by atoms with Crippen molar-refractivity contribution in [2.45, 2.75) is 6.92 Å². The first-order valence-electron chi connectivity index (χ1n) is 8.88.